The fourth-order valence-corrected chi connectivity index (χ4v) is 4.23. The Balaban J connectivity index is 0.00000320. The summed E-state index contributed by atoms with van der Waals surface area (Å²) in [5, 5.41) is 1.10. The van der Waals surface area contributed by atoms with Crippen molar-refractivity contribution in [2.24, 2.45) is 0 Å². The molecular formula is C25H33ClN2O2. The molecule has 0 spiro atoms. The Morgan fingerprint density at radius 1 is 1.03 bits per heavy atom. The molecule has 0 aliphatic heterocycles. The van der Waals surface area contributed by atoms with Crippen LogP contribution in [0.1, 0.15) is 49.3 Å². The van der Waals surface area contributed by atoms with Crippen LogP contribution in [-0.4, -0.2) is 41.1 Å². The van der Waals surface area contributed by atoms with E-state index in [2.05, 4.69) is 45.6 Å². The summed E-state index contributed by atoms with van der Waals surface area (Å²) in [6.07, 6.45) is 0.890. The molecule has 0 aliphatic carbocycles. The van der Waals surface area contributed by atoms with Gasteiger partial charge in [-0.3, -0.25) is 14.3 Å². The number of hydrogen-bond donors (Lipinski definition) is 0. The second-order valence-corrected chi connectivity index (χ2v) is 8.13. The minimum absolute atomic E-state index is 0. The number of fused-ring (bicyclic) bond motifs is 1. The number of methoxy groups -OCH3 is 1. The third-order valence-corrected chi connectivity index (χ3v) is 5.71. The highest BCUT2D eigenvalue weighted by Gasteiger charge is 2.22. The highest BCUT2D eigenvalue weighted by Crippen LogP contribution is 2.31. The van der Waals surface area contributed by atoms with E-state index < -0.39 is 0 Å². The fourth-order valence-electron chi connectivity index (χ4n) is 4.23. The highest BCUT2D eigenvalue weighted by molar-refractivity contribution is 6.04. The van der Waals surface area contributed by atoms with E-state index in [1.807, 2.05) is 47.0 Å². The van der Waals surface area contributed by atoms with E-state index >= 15 is 0 Å². The fraction of sp³-hybridized carbons (Fsp3) is 0.400. The average Bonchev–Trinajstić information content (AvgIpc) is 2.98. The van der Waals surface area contributed by atoms with Gasteiger partial charge < -0.3 is 4.74 Å². The molecule has 0 unspecified atom stereocenters. The summed E-state index contributed by atoms with van der Waals surface area (Å²) in [4.78, 5) is 15.8. The van der Waals surface area contributed by atoms with Crippen LogP contribution in [0.15, 0.2) is 48.5 Å². The van der Waals surface area contributed by atoms with E-state index in [-0.39, 0.29) is 18.3 Å². The number of halogens is 1. The molecule has 0 atom stereocenters. The van der Waals surface area contributed by atoms with E-state index in [1.54, 1.807) is 7.11 Å². The zero-order chi connectivity index (χ0) is 21.1. The summed E-state index contributed by atoms with van der Waals surface area (Å²) in [5.41, 5.74) is 3.86. The summed E-state index contributed by atoms with van der Waals surface area (Å²) in [5.74, 6) is 0.821. The molecule has 1 heterocycles. The van der Waals surface area contributed by atoms with Crippen molar-refractivity contribution in [2.75, 3.05) is 13.7 Å². The molecule has 30 heavy (non-hydrogen) atoms. The molecule has 3 rings (SSSR count). The molecule has 0 amide bonds. The Labute approximate surface area is 186 Å². The number of nitrogens with zero attached hydrogens (tertiary/aromatic N) is 2. The first-order valence-corrected chi connectivity index (χ1v) is 10.4. The maximum Gasteiger partial charge on any atom is 0.262 e. The maximum absolute atomic E-state index is 13.3. The van der Waals surface area contributed by atoms with Crippen molar-refractivity contribution in [1.29, 1.82) is 0 Å². The van der Waals surface area contributed by atoms with Crippen molar-refractivity contribution in [2.45, 2.75) is 53.1 Å². The maximum atomic E-state index is 13.3. The van der Waals surface area contributed by atoms with Gasteiger partial charge in [0.1, 0.15) is 5.75 Å². The zero-order valence-electron chi connectivity index (χ0n) is 18.8. The van der Waals surface area contributed by atoms with Crippen molar-refractivity contribution in [3.63, 3.8) is 0 Å². The zero-order valence-corrected chi connectivity index (χ0v) is 19.6. The molecule has 1 aromatic heterocycles. The van der Waals surface area contributed by atoms with Crippen LogP contribution < -0.4 is 4.74 Å². The quantitative estimate of drug-likeness (QED) is 0.482. The number of carbonyl (C=O) groups is 1. The van der Waals surface area contributed by atoms with Crippen LogP contribution in [0.5, 0.6) is 5.75 Å². The van der Waals surface area contributed by atoms with Gasteiger partial charge in [0.25, 0.3) is 5.91 Å². The molecule has 3 aromatic rings. The normalized spacial score (nSPS) is 11.4. The number of rotatable bonds is 7. The van der Waals surface area contributed by atoms with Crippen LogP contribution in [0.2, 0.25) is 0 Å². The van der Waals surface area contributed by atoms with Gasteiger partial charge in [0.05, 0.1) is 12.6 Å². The van der Waals surface area contributed by atoms with Crippen LogP contribution >= 0.6 is 12.4 Å². The van der Waals surface area contributed by atoms with Gasteiger partial charge in [0.2, 0.25) is 0 Å². The Bertz CT molecular complexity index is 985. The van der Waals surface area contributed by atoms with Crippen LogP contribution in [0.25, 0.3) is 10.9 Å². The predicted molar refractivity (Wildman–Crippen MR) is 127 cm³/mol. The third kappa shape index (κ3) is 4.71. The van der Waals surface area contributed by atoms with Gasteiger partial charge in [0.15, 0.2) is 0 Å². The van der Waals surface area contributed by atoms with Gasteiger partial charge in [-0.25, -0.2) is 0 Å². The summed E-state index contributed by atoms with van der Waals surface area (Å²) >= 11 is 0. The molecule has 0 N–H and O–H groups in total. The third-order valence-electron chi connectivity index (χ3n) is 5.71. The molecule has 2 aromatic carbocycles. The minimum atomic E-state index is 0. The van der Waals surface area contributed by atoms with Crippen molar-refractivity contribution < 1.29 is 9.53 Å². The molecule has 162 valence electrons. The average molecular weight is 429 g/mol. The number of benzene rings is 2. The number of hydrogen-bond acceptors (Lipinski definition) is 3. The molecule has 5 heteroatoms. The largest absolute Gasteiger partial charge is 0.497 e. The van der Waals surface area contributed by atoms with Crippen LogP contribution in [0.4, 0.5) is 0 Å². The van der Waals surface area contributed by atoms with E-state index in [4.69, 9.17) is 4.74 Å². The summed E-state index contributed by atoms with van der Waals surface area (Å²) in [6, 6.07) is 16.4. The van der Waals surface area contributed by atoms with Gasteiger partial charge in [0, 0.05) is 35.3 Å². The second-order valence-electron chi connectivity index (χ2n) is 8.13. The first-order chi connectivity index (χ1) is 13.8. The van der Waals surface area contributed by atoms with Crippen molar-refractivity contribution in [1.82, 2.24) is 9.47 Å². The van der Waals surface area contributed by atoms with E-state index in [9.17, 15) is 4.79 Å². The summed E-state index contributed by atoms with van der Waals surface area (Å²) in [7, 11) is 1.68. The van der Waals surface area contributed by atoms with E-state index in [0.29, 0.717) is 17.6 Å². The predicted octanol–water partition coefficient (Wildman–Crippen LogP) is 5.73. The lowest BCUT2D eigenvalue weighted by Crippen LogP contribution is -2.38. The molecule has 0 bridgehead atoms. The Morgan fingerprint density at radius 3 is 2.23 bits per heavy atom. The second kappa shape index (κ2) is 10.1. The summed E-state index contributed by atoms with van der Waals surface area (Å²) in [6.45, 7) is 11.9. The Hall–Kier alpha value is -2.30. The Morgan fingerprint density at radius 2 is 1.67 bits per heavy atom. The molecule has 0 fully saturated rings. The van der Waals surface area contributed by atoms with Crippen molar-refractivity contribution in [3.8, 4) is 5.75 Å². The van der Waals surface area contributed by atoms with Gasteiger partial charge in [-0.1, -0.05) is 18.2 Å². The van der Waals surface area contributed by atoms with Crippen LogP contribution in [0, 0.1) is 6.92 Å². The van der Waals surface area contributed by atoms with E-state index in [0.717, 1.165) is 35.3 Å². The number of ether oxygens (including phenoxy) is 1. The van der Waals surface area contributed by atoms with Crippen LogP contribution in [-0.2, 0) is 6.42 Å². The topological polar surface area (TPSA) is 34.5 Å². The molecule has 4 nitrogen and oxygen atoms in total. The first kappa shape index (κ1) is 24.0. The SMILES string of the molecule is COc1ccc2c(c1)c(CCN(C(C)C)C(C)C)c(C)n2C(=O)c1ccccc1.Cl. The Kier molecular flexibility index (Phi) is 8.10. The smallest absolute Gasteiger partial charge is 0.262 e. The van der Waals surface area contributed by atoms with Gasteiger partial charge in [-0.2, -0.15) is 0 Å². The van der Waals surface area contributed by atoms with Gasteiger partial charge >= 0.3 is 0 Å². The molecular weight excluding hydrogens is 396 g/mol. The molecule has 0 aliphatic rings. The molecule has 0 saturated carbocycles. The van der Waals surface area contributed by atoms with Gasteiger partial charge in [-0.05, 0) is 76.9 Å². The first-order valence-electron chi connectivity index (χ1n) is 10.4. The van der Waals surface area contributed by atoms with E-state index in [1.165, 1.54) is 5.56 Å². The van der Waals surface area contributed by atoms with Crippen molar-refractivity contribution in [3.05, 3.63) is 65.4 Å². The standard InChI is InChI=1S/C25H32N2O2.ClH/c1-17(2)26(18(3)4)15-14-22-19(5)27(25(28)20-10-8-7-9-11-20)24-13-12-21(29-6)16-23(22)24;/h7-13,16-18H,14-15H2,1-6H3;1H. The molecule has 0 radical (unpaired) electrons. The minimum Gasteiger partial charge on any atom is -0.497 e. The van der Waals surface area contributed by atoms with Crippen molar-refractivity contribution >= 4 is 29.2 Å². The number of carbonyl (C=O) groups excluding carboxylic acids is 1. The number of aromatic nitrogens is 1. The lowest BCUT2D eigenvalue weighted by molar-refractivity contribution is 0.0962. The van der Waals surface area contributed by atoms with Gasteiger partial charge in [-0.15, -0.1) is 12.4 Å². The lowest BCUT2D eigenvalue weighted by atomic mass is 10.1. The highest BCUT2D eigenvalue weighted by atomic mass is 35.5. The lowest BCUT2D eigenvalue weighted by Gasteiger charge is -2.30. The summed E-state index contributed by atoms with van der Waals surface area (Å²) < 4.78 is 7.32. The molecule has 0 saturated heterocycles. The van der Waals surface area contributed by atoms with Crippen LogP contribution in [0.3, 0.4) is 0 Å². The monoisotopic (exact) mass is 428 g/mol.